The van der Waals surface area contributed by atoms with E-state index in [0.717, 1.165) is 17.3 Å². The van der Waals surface area contributed by atoms with Crippen LogP contribution >= 0.6 is 0 Å². The van der Waals surface area contributed by atoms with Crippen LogP contribution in [-0.2, 0) is 6.54 Å². The number of aromatic hydroxyl groups is 1. The zero-order chi connectivity index (χ0) is 12.3. The van der Waals surface area contributed by atoms with Gasteiger partial charge in [0.25, 0.3) is 0 Å². The summed E-state index contributed by atoms with van der Waals surface area (Å²) in [4.78, 5) is 0. The van der Waals surface area contributed by atoms with E-state index in [1.807, 2.05) is 31.2 Å². The van der Waals surface area contributed by atoms with Gasteiger partial charge in [-0.05, 0) is 42.3 Å². The Morgan fingerprint density at radius 3 is 2.71 bits per heavy atom. The molecule has 0 radical (unpaired) electrons. The molecule has 3 heteroatoms. The lowest BCUT2D eigenvalue weighted by molar-refractivity contribution is 0.468. The average molecular weight is 231 g/mol. The van der Waals surface area contributed by atoms with Gasteiger partial charge in [0.05, 0.1) is 0 Å². The van der Waals surface area contributed by atoms with E-state index in [1.54, 1.807) is 6.07 Å². The zero-order valence-corrected chi connectivity index (χ0v) is 9.57. The number of aryl methyl sites for hydroxylation is 1. The van der Waals surface area contributed by atoms with Crippen LogP contribution in [0.5, 0.6) is 5.75 Å². The monoisotopic (exact) mass is 231 g/mol. The number of rotatable bonds is 3. The number of nitrogens with one attached hydrogen (secondary N) is 1. The third-order valence-electron chi connectivity index (χ3n) is 2.46. The van der Waals surface area contributed by atoms with Crippen LogP contribution < -0.4 is 5.32 Å². The largest absolute Gasteiger partial charge is 0.508 e. The summed E-state index contributed by atoms with van der Waals surface area (Å²) in [6, 6.07) is 12.0. The molecular formula is C14H14FNO. The van der Waals surface area contributed by atoms with Gasteiger partial charge in [-0.15, -0.1) is 0 Å². The van der Waals surface area contributed by atoms with Crippen LogP contribution in [-0.4, -0.2) is 5.11 Å². The lowest BCUT2D eigenvalue weighted by atomic mass is 10.2. The fraction of sp³-hybridized carbons (Fsp3) is 0.143. The molecule has 0 fully saturated rings. The molecule has 2 rings (SSSR count). The minimum absolute atomic E-state index is 0.0500. The minimum atomic E-state index is -0.425. The molecule has 2 nitrogen and oxygen atoms in total. The number of halogens is 1. The Hall–Kier alpha value is -2.03. The van der Waals surface area contributed by atoms with E-state index in [4.69, 9.17) is 0 Å². The van der Waals surface area contributed by atoms with Gasteiger partial charge in [-0.25, -0.2) is 4.39 Å². The first kappa shape index (κ1) is 11.5. The van der Waals surface area contributed by atoms with Gasteiger partial charge in [-0.2, -0.15) is 0 Å². The number of anilines is 1. The summed E-state index contributed by atoms with van der Waals surface area (Å²) < 4.78 is 13.0. The topological polar surface area (TPSA) is 32.3 Å². The third kappa shape index (κ3) is 3.21. The highest BCUT2D eigenvalue weighted by Crippen LogP contribution is 2.16. The lowest BCUT2D eigenvalue weighted by Gasteiger charge is -2.07. The van der Waals surface area contributed by atoms with Crippen molar-refractivity contribution in [2.75, 3.05) is 5.32 Å². The summed E-state index contributed by atoms with van der Waals surface area (Å²) in [6.07, 6.45) is 0. The summed E-state index contributed by atoms with van der Waals surface area (Å²) in [5.74, 6) is -0.475. The Morgan fingerprint density at radius 1 is 1.18 bits per heavy atom. The maximum absolute atomic E-state index is 13.0. The summed E-state index contributed by atoms with van der Waals surface area (Å²) in [6.45, 7) is 2.49. The predicted molar refractivity (Wildman–Crippen MR) is 66.6 cm³/mol. The van der Waals surface area contributed by atoms with Gasteiger partial charge >= 0.3 is 0 Å². The number of hydrogen-bond acceptors (Lipinski definition) is 2. The normalized spacial score (nSPS) is 10.2. The van der Waals surface area contributed by atoms with E-state index in [1.165, 1.54) is 6.07 Å². The summed E-state index contributed by atoms with van der Waals surface area (Å²) >= 11 is 0. The second-order valence-electron chi connectivity index (χ2n) is 4.04. The van der Waals surface area contributed by atoms with Gasteiger partial charge < -0.3 is 10.4 Å². The first-order chi connectivity index (χ1) is 8.13. The fourth-order valence-corrected chi connectivity index (χ4v) is 1.69. The second-order valence-corrected chi connectivity index (χ2v) is 4.04. The highest BCUT2D eigenvalue weighted by molar-refractivity contribution is 5.46. The Bertz CT molecular complexity index is 505. The van der Waals surface area contributed by atoms with Crippen molar-refractivity contribution in [1.29, 1.82) is 0 Å². The van der Waals surface area contributed by atoms with Crippen LogP contribution in [0.25, 0.3) is 0 Å². The van der Waals surface area contributed by atoms with Gasteiger partial charge in [0.2, 0.25) is 0 Å². The average Bonchev–Trinajstić information content (AvgIpc) is 2.25. The second kappa shape index (κ2) is 4.87. The number of benzene rings is 2. The third-order valence-corrected chi connectivity index (χ3v) is 2.46. The molecule has 0 spiro atoms. The molecule has 0 saturated heterocycles. The van der Waals surface area contributed by atoms with Crippen LogP contribution in [0.3, 0.4) is 0 Å². The van der Waals surface area contributed by atoms with Crippen LogP contribution in [0.2, 0.25) is 0 Å². The molecule has 0 atom stereocenters. The van der Waals surface area contributed by atoms with E-state index < -0.39 is 5.82 Å². The number of phenols is 1. The maximum atomic E-state index is 13.0. The molecule has 17 heavy (non-hydrogen) atoms. The SMILES string of the molecule is Cc1cccc(NCc2cc(O)cc(F)c2)c1. The summed E-state index contributed by atoms with van der Waals surface area (Å²) in [5, 5.41) is 12.4. The van der Waals surface area contributed by atoms with E-state index in [9.17, 15) is 9.50 Å². The molecule has 0 amide bonds. The van der Waals surface area contributed by atoms with Gasteiger partial charge in [0, 0.05) is 18.3 Å². The first-order valence-electron chi connectivity index (χ1n) is 5.42. The van der Waals surface area contributed by atoms with Crippen molar-refractivity contribution in [3.05, 3.63) is 59.4 Å². The zero-order valence-electron chi connectivity index (χ0n) is 9.57. The highest BCUT2D eigenvalue weighted by atomic mass is 19.1. The van der Waals surface area contributed by atoms with E-state index >= 15 is 0 Å². The van der Waals surface area contributed by atoms with Crippen molar-refractivity contribution >= 4 is 5.69 Å². The molecule has 0 heterocycles. The van der Waals surface area contributed by atoms with Gasteiger partial charge in [-0.3, -0.25) is 0 Å². The van der Waals surface area contributed by atoms with Crippen LogP contribution in [0, 0.1) is 12.7 Å². The Balaban J connectivity index is 2.07. The van der Waals surface area contributed by atoms with Gasteiger partial charge in [0.15, 0.2) is 0 Å². The molecule has 2 aromatic carbocycles. The minimum Gasteiger partial charge on any atom is -0.508 e. The van der Waals surface area contributed by atoms with Gasteiger partial charge in [-0.1, -0.05) is 12.1 Å². The summed E-state index contributed by atoms with van der Waals surface area (Å²) in [5.41, 5.74) is 2.86. The molecule has 0 aliphatic carbocycles. The highest BCUT2D eigenvalue weighted by Gasteiger charge is 2.00. The van der Waals surface area contributed by atoms with E-state index in [0.29, 0.717) is 12.1 Å². The van der Waals surface area contributed by atoms with E-state index in [2.05, 4.69) is 5.32 Å². The van der Waals surface area contributed by atoms with Crippen LogP contribution in [0.1, 0.15) is 11.1 Å². The molecule has 0 aliphatic heterocycles. The van der Waals surface area contributed by atoms with Crippen molar-refractivity contribution in [3.63, 3.8) is 0 Å². The molecular weight excluding hydrogens is 217 g/mol. The maximum Gasteiger partial charge on any atom is 0.127 e. The van der Waals surface area contributed by atoms with Crippen molar-refractivity contribution in [3.8, 4) is 5.75 Å². The Kier molecular flexibility index (Phi) is 3.28. The quantitative estimate of drug-likeness (QED) is 0.848. The summed E-state index contributed by atoms with van der Waals surface area (Å²) in [7, 11) is 0. The van der Waals surface area contributed by atoms with Crippen molar-refractivity contribution < 1.29 is 9.50 Å². The molecule has 88 valence electrons. The van der Waals surface area contributed by atoms with Crippen molar-refractivity contribution in [2.24, 2.45) is 0 Å². The number of phenolic OH excluding ortho intramolecular Hbond substituents is 1. The fourth-order valence-electron chi connectivity index (χ4n) is 1.69. The molecule has 2 N–H and O–H groups in total. The predicted octanol–water partition coefficient (Wildman–Crippen LogP) is 3.45. The standard InChI is InChI=1S/C14H14FNO/c1-10-3-2-4-13(5-10)16-9-11-6-12(15)8-14(17)7-11/h2-8,16-17H,9H2,1H3. The molecule has 2 aromatic rings. The molecule has 0 bridgehead atoms. The van der Waals surface area contributed by atoms with Crippen molar-refractivity contribution in [1.82, 2.24) is 0 Å². The van der Waals surface area contributed by atoms with Gasteiger partial charge in [0.1, 0.15) is 11.6 Å². The van der Waals surface area contributed by atoms with Crippen molar-refractivity contribution in [2.45, 2.75) is 13.5 Å². The number of hydrogen-bond donors (Lipinski definition) is 2. The van der Waals surface area contributed by atoms with Crippen LogP contribution in [0.15, 0.2) is 42.5 Å². The Labute approximate surface area is 99.7 Å². The van der Waals surface area contributed by atoms with Crippen LogP contribution in [0.4, 0.5) is 10.1 Å². The molecule has 0 unspecified atom stereocenters. The van der Waals surface area contributed by atoms with E-state index in [-0.39, 0.29) is 5.75 Å². The lowest BCUT2D eigenvalue weighted by Crippen LogP contribution is -1.99. The smallest absolute Gasteiger partial charge is 0.127 e. The molecule has 0 saturated carbocycles. The molecule has 0 aliphatic rings. The first-order valence-corrected chi connectivity index (χ1v) is 5.42. The molecule has 0 aromatic heterocycles. The Morgan fingerprint density at radius 2 is 2.00 bits per heavy atom.